The lowest BCUT2D eigenvalue weighted by Crippen LogP contribution is -2.29. The monoisotopic (exact) mass is 333 g/mol. The molecule has 1 aliphatic carbocycles. The van der Waals surface area contributed by atoms with Gasteiger partial charge in [0.25, 0.3) is 0 Å². The van der Waals surface area contributed by atoms with Crippen LogP contribution in [0.15, 0.2) is 30.3 Å². The molecule has 1 fully saturated rings. The molecule has 2 aromatic rings. The van der Waals surface area contributed by atoms with Gasteiger partial charge in [-0.25, -0.2) is 0 Å². The highest BCUT2D eigenvalue weighted by Gasteiger charge is 2.21. The number of hydrogen-bond acceptors (Lipinski definition) is 3. The van der Waals surface area contributed by atoms with Gasteiger partial charge >= 0.3 is 0 Å². The molecule has 1 saturated carbocycles. The number of aromatic nitrogens is 2. The van der Waals surface area contributed by atoms with Crippen molar-refractivity contribution in [2.24, 2.45) is 13.0 Å². The molecular formula is C18H24ClN3O. The van der Waals surface area contributed by atoms with Crippen LogP contribution >= 0.6 is 11.6 Å². The van der Waals surface area contributed by atoms with Gasteiger partial charge in [0.05, 0.1) is 11.8 Å². The maximum Gasteiger partial charge on any atom is 0.131 e. The summed E-state index contributed by atoms with van der Waals surface area (Å²) in [6.07, 6.45) is 4.03. The second kappa shape index (κ2) is 7.47. The second-order valence-corrected chi connectivity index (χ2v) is 6.78. The van der Waals surface area contributed by atoms with Crippen molar-refractivity contribution in [1.82, 2.24) is 15.1 Å². The predicted octanol–water partition coefficient (Wildman–Crippen LogP) is 3.38. The van der Waals surface area contributed by atoms with E-state index in [0.717, 1.165) is 42.6 Å². The van der Waals surface area contributed by atoms with E-state index in [9.17, 15) is 5.11 Å². The summed E-state index contributed by atoms with van der Waals surface area (Å²) in [5.41, 5.74) is 3.06. The van der Waals surface area contributed by atoms with Gasteiger partial charge in [0.1, 0.15) is 5.15 Å². The summed E-state index contributed by atoms with van der Waals surface area (Å²) in [6.45, 7) is 1.61. The first-order valence-electron chi connectivity index (χ1n) is 8.30. The normalized spacial score (nSPS) is 21.5. The zero-order valence-corrected chi connectivity index (χ0v) is 14.3. The molecule has 1 heterocycles. The molecule has 5 heteroatoms. The molecule has 3 rings (SSSR count). The molecule has 0 spiro atoms. The van der Waals surface area contributed by atoms with E-state index in [1.807, 2.05) is 25.2 Å². The molecule has 0 bridgehead atoms. The van der Waals surface area contributed by atoms with Crippen molar-refractivity contribution in [1.29, 1.82) is 0 Å². The average molecular weight is 334 g/mol. The molecule has 1 aromatic heterocycles. The average Bonchev–Trinajstić information content (AvgIpc) is 2.84. The number of halogens is 1. The van der Waals surface area contributed by atoms with E-state index in [4.69, 9.17) is 11.6 Å². The van der Waals surface area contributed by atoms with Crippen molar-refractivity contribution < 1.29 is 5.11 Å². The first kappa shape index (κ1) is 16.5. The molecule has 2 N–H and O–H groups in total. The highest BCUT2D eigenvalue weighted by atomic mass is 35.5. The Kier molecular flexibility index (Phi) is 5.36. The third-order valence-electron chi connectivity index (χ3n) is 4.61. The van der Waals surface area contributed by atoms with Crippen molar-refractivity contribution >= 4 is 11.6 Å². The van der Waals surface area contributed by atoms with Gasteiger partial charge in [-0.2, -0.15) is 5.10 Å². The third-order valence-corrected chi connectivity index (χ3v) is 5.08. The van der Waals surface area contributed by atoms with Crippen LogP contribution in [-0.2, 0) is 13.6 Å². The van der Waals surface area contributed by atoms with Crippen LogP contribution < -0.4 is 5.32 Å². The number of aryl methyl sites for hydroxylation is 1. The summed E-state index contributed by atoms with van der Waals surface area (Å²) in [4.78, 5) is 0. The van der Waals surface area contributed by atoms with Gasteiger partial charge in [-0.05, 0) is 31.7 Å². The predicted molar refractivity (Wildman–Crippen MR) is 93.3 cm³/mol. The first-order chi connectivity index (χ1) is 11.1. The Balaban J connectivity index is 1.68. The summed E-state index contributed by atoms with van der Waals surface area (Å²) in [7, 11) is 1.87. The Morgan fingerprint density at radius 1 is 1.30 bits per heavy atom. The highest BCUT2D eigenvalue weighted by molar-refractivity contribution is 6.30. The van der Waals surface area contributed by atoms with Crippen LogP contribution in [0.5, 0.6) is 0 Å². The van der Waals surface area contributed by atoms with Crippen LogP contribution in [0.2, 0.25) is 5.15 Å². The Bertz CT molecular complexity index is 641. The first-order valence-corrected chi connectivity index (χ1v) is 8.68. The lowest BCUT2D eigenvalue weighted by atomic mass is 9.87. The minimum absolute atomic E-state index is 0.127. The van der Waals surface area contributed by atoms with Crippen molar-refractivity contribution in [3.05, 3.63) is 41.0 Å². The molecular weight excluding hydrogens is 310 g/mol. The third kappa shape index (κ3) is 3.94. The summed E-state index contributed by atoms with van der Waals surface area (Å²) < 4.78 is 1.73. The number of hydrogen-bond donors (Lipinski definition) is 2. The topological polar surface area (TPSA) is 50.1 Å². The van der Waals surface area contributed by atoms with Gasteiger partial charge in [0.15, 0.2) is 0 Å². The second-order valence-electron chi connectivity index (χ2n) is 6.42. The lowest BCUT2D eigenvalue weighted by Gasteiger charge is -2.26. The molecule has 2 atom stereocenters. The summed E-state index contributed by atoms with van der Waals surface area (Å²) in [5, 5.41) is 18.5. The van der Waals surface area contributed by atoms with Gasteiger partial charge in [-0.3, -0.25) is 4.68 Å². The van der Waals surface area contributed by atoms with Crippen LogP contribution in [0.1, 0.15) is 31.2 Å². The largest absolute Gasteiger partial charge is 0.393 e. The molecule has 0 aliphatic heterocycles. The number of aliphatic hydroxyl groups excluding tert-OH is 1. The van der Waals surface area contributed by atoms with Crippen molar-refractivity contribution in [2.75, 3.05) is 6.54 Å². The van der Waals surface area contributed by atoms with Crippen LogP contribution in [0, 0.1) is 5.92 Å². The Labute approximate surface area is 142 Å². The molecule has 0 saturated heterocycles. The van der Waals surface area contributed by atoms with Gasteiger partial charge in [-0.15, -0.1) is 0 Å². The van der Waals surface area contributed by atoms with Crippen LogP contribution in [0.25, 0.3) is 11.3 Å². The van der Waals surface area contributed by atoms with E-state index in [1.54, 1.807) is 4.68 Å². The fourth-order valence-electron chi connectivity index (χ4n) is 3.38. The van der Waals surface area contributed by atoms with E-state index in [0.29, 0.717) is 17.6 Å². The Morgan fingerprint density at radius 3 is 2.83 bits per heavy atom. The van der Waals surface area contributed by atoms with Crippen LogP contribution in [-0.4, -0.2) is 27.5 Å². The lowest BCUT2D eigenvalue weighted by molar-refractivity contribution is 0.101. The van der Waals surface area contributed by atoms with Crippen LogP contribution in [0.3, 0.4) is 0 Å². The summed E-state index contributed by atoms with van der Waals surface area (Å²) >= 11 is 6.43. The summed E-state index contributed by atoms with van der Waals surface area (Å²) in [5.74, 6) is 0.550. The van der Waals surface area contributed by atoms with Crippen molar-refractivity contribution in [2.45, 2.75) is 38.3 Å². The van der Waals surface area contributed by atoms with Crippen molar-refractivity contribution in [3.63, 3.8) is 0 Å². The smallest absolute Gasteiger partial charge is 0.131 e. The molecule has 124 valence electrons. The molecule has 2 unspecified atom stereocenters. The van der Waals surface area contributed by atoms with Gasteiger partial charge < -0.3 is 10.4 Å². The molecule has 1 aromatic carbocycles. The van der Waals surface area contributed by atoms with E-state index in [1.165, 1.54) is 6.42 Å². The maximum atomic E-state index is 9.77. The summed E-state index contributed by atoms with van der Waals surface area (Å²) in [6, 6.07) is 10.1. The SMILES string of the molecule is Cn1nc(-c2ccccc2)c(CNCC2CCCC(O)C2)c1Cl. The number of benzene rings is 1. The molecule has 1 aliphatic rings. The van der Waals surface area contributed by atoms with E-state index >= 15 is 0 Å². The number of nitrogens with zero attached hydrogens (tertiary/aromatic N) is 2. The van der Waals surface area contributed by atoms with Crippen LogP contribution in [0.4, 0.5) is 0 Å². The quantitative estimate of drug-likeness (QED) is 0.882. The number of aliphatic hydroxyl groups is 1. The fraction of sp³-hybridized carbons (Fsp3) is 0.500. The Morgan fingerprint density at radius 2 is 2.09 bits per heavy atom. The zero-order chi connectivity index (χ0) is 16.2. The molecule has 0 radical (unpaired) electrons. The maximum absolute atomic E-state index is 9.77. The minimum Gasteiger partial charge on any atom is -0.393 e. The van der Waals surface area contributed by atoms with Crippen molar-refractivity contribution in [3.8, 4) is 11.3 Å². The Hall–Kier alpha value is -1.36. The fourth-order valence-corrected chi connectivity index (χ4v) is 3.58. The molecule has 0 amide bonds. The van der Waals surface area contributed by atoms with Gasteiger partial charge in [0.2, 0.25) is 0 Å². The molecule has 23 heavy (non-hydrogen) atoms. The van der Waals surface area contributed by atoms with E-state index in [2.05, 4.69) is 22.5 Å². The standard InChI is InChI=1S/C18H24ClN3O/c1-22-18(19)16(17(21-22)14-7-3-2-4-8-14)12-20-11-13-6-5-9-15(23)10-13/h2-4,7-8,13,15,20,23H,5-6,9-12H2,1H3. The zero-order valence-electron chi connectivity index (χ0n) is 13.5. The number of rotatable bonds is 5. The highest BCUT2D eigenvalue weighted by Crippen LogP contribution is 2.28. The number of nitrogens with one attached hydrogen (secondary N) is 1. The van der Waals surface area contributed by atoms with Gasteiger partial charge in [0, 0.05) is 24.7 Å². The van der Waals surface area contributed by atoms with Gasteiger partial charge in [-0.1, -0.05) is 48.4 Å². The van der Waals surface area contributed by atoms with E-state index in [-0.39, 0.29) is 6.10 Å². The van der Waals surface area contributed by atoms with E-state index < -0.39 is 0 Å². The molecule has 4 nitrogen and oxygen atoms in total. The minimum atomic E-state index is -0.127.